The Labute approximate surface area is 631 Å². The third-order valence-electron chi connectivity index (χ3n) is 18.8. The van der Waals surface area contributed by atoms with Crippen LogP contribution in [0.2, 0.25) is 0 Å². The van der Waals surface area contributed by atoms with Crippen LogP contribution in [0.5, 0.6) is 0 Å². The summed E-state index contributed by atoms with van der Waals surface area (Å²) in [5, 5.41) is 42.0. The van der Waals surface area contributed by atoms with E-state index in [4.69, 9.17) is 0 Å². The standard InChI is InChI=1S/C27H22F2N4O4.C25H21FN4O4S.C25H22N4O4S.3CH4/c28-20-9-5-18(6-10-20)17-32-23-4-2-1-3-22(23)24(25(27(32)35)33(36)37)30-13-15-31(16-14-30)26(34)19-7-11-21(29)12-8-19;26-18-9-7-17(8-10-18)16-29-20-5-2-1-4-19(20)22(23(25(29)32)30(33)34)27-11-13-28(14-12-27)24(31)21-6-3-15-35-21;30-24(21-11-6-16-34-21)27-14-12-26(13-15-27)22-19-9-4-5-10-20(19)28(25(31)23(22)29(32)33)17-18-7-2-1-3-8-18;;;/h1-12H,13-17H2;1-10,15H,11-14,16H2;1-11,16H,12-15,17H2;3*1H4. The molecule has 3 aliphatic heterocycles. The molecule has 0 unspecified atom stereocenters. The number of thiophene rings is 2. The maximum absolute atomic E-state index is 13.5. The van der Waals surface area contributed by atoms with Crippen LogP contribution in [0.3, 0.4) is 0 Å². The Morgan fingerprint density at radius 3 is 0.908 bits per heavy atom. The number of para-hydroxylation sites is 3. The van der Waals surface area contributed by atoms with Gasteiger partial charge >= 0.3 is 33.7 Å². The summed E-state index contributed by atoms with van der Waals surface area (Å²) in [6, 6.07) is 54.6. The first kappa shape index (κ1) is 78.9. The number of amides is 3. The Hall–Kier alpha value is -12.6. The minimum atomic E-state index is -0.757. The van der Waals surface area contributed by atoms with Crippen molar-refractivity contribution >= 4 is 107 Å². The Bertz CT molecular complexity index is 5490. The summed E-state index contributed by atoms with van der Waals surface area (Å²) >= 11 is 2.77. The van der Waals surface area contributed by atoms with Crippen LogP contribution >= 0.6 is 22.7 Å². The van der Waals surface area contributed by atoms with E-state index in [1.807, 2.05) is 87.3 Å². The number of piperazine rings is 3. The molecule has 7 aromatic carbocycles. The molecule has 3 aliphatic rings. The minimum Gasteiger partial charge on any atom is -0.362 e. The monoisotopic (exact) mass is 1520 g/mol. The van der Waals surface area contributed by atoms with Gasteiger partial charge < -0.3 is 29.4 Å². The van der Waals surface area contributed by atoms with Crippen molar-refractivity contribution in [1.82, 2.24) is 28.4 Å². The van der Waals surface area contributed by atoms with E-state index in [0.717, 1.165) is 5.56 Å². The molecular formula is C80H77F3N12O12S2. The second kappa shape index (κ2) is 34.7. The lowest BCUT2D eigenvalue weighted by molar-refractivity contribution is -0.385. The molecule has 8 heterocycles. The number of carbonyl (C=O) groups excluding carboxylic acids is 3. The summed E-state index contributed by atoms with van der Waals surface area (Å²) in [6.45, 7) is 4.64. The van der Waals surface area contributed by atoms with Gasteiger partial charge in [-0.2, -0.15) is 0 Å². The highest BCUT2D eigenvalue weighted by atomic mass is 32.1. The average Bonchev–Trinajstić information content (AvgIpc) is 1.20. The van der Waals surface area contributed by atoms with Gasteiger partial charge in [0.15, 0.2) is 0 Å². The Morgan fingerprint density at radius 2 is 0.615 bits per heavy atom. The molecule has 0 N–H and O–H groups in total. The number of fused-ring (bicyclic) bond motifs is 3. The zero-order chi connectivity index (χ0) is 74.3. The highest BCUT2D eigenvalue weighted by Gasteiger charge is 2.37. The molecule has 562 valence electrons. The maximum atomic E-state index is 13.5. The van der Waals surface area contributed by atoms with Crippen LogP contribution in [0.25, 0.3) is 32.7 Å². The Morgan fingerprint density at radius 1 is 0.339 bits per heavy atom. The smallest absolute Gasteiger partial charge is 0.357 e. The van der Waals surface area contributed by atoms with E-state index in [1.165, 1.54) is 97.0 Å². The fourth-order valence-corrected chi connectivity index (χ4v) is 15.0. The normalized spacial score (nSPS) is 13.4. The number of hydrogen-bond acceptors (Lipinski definition) is 17. The van der Waals surface area contributed by atoms with Crippen molar-refractivity contribution in [3.63, 3.8) is 0 Å². The summed E-state index contributed by atoms with van der Waals surface area (Å²) < 4.78 is 44.1. The van der Waals surface area contributed by atoms with Crippen molar-refractivity contribution in [2.45, 2.75) is 41.9 Å². The maximum Gasteiger partial charge on any atom is 0.357 e. The molecular weight excluding hydrogens is 1440 g/mol. The van der Waals surface area contributed by atoms with E-state index >= 15 is 0 Å². The third-order valence-corrected chi connectivity index (χ3v) is 20.5. The molecule has 0 aliphatic carbocycles. The number of carbonyl (C=O) groups is 3. The van der Waals surface area contributed by atoms with Crippen molar-refractivity contribution < 1.29 is 42.3 Å². The highest BCUT2D eigenvalue weighted by molar-refractivity contribution is 7.12. The molecule has 0 saturated carbocycles. The number of aromatic nitrogens is 3. The molecule has 3 fully saturated rings. The molecule has 0 spiro atoms. The molecule has 29 heteroatoms. The van der Waals surface area contributed by atoms with Gasteiger partial charge in [-0.1, -0.05) is 144 Å². The lowest BCUT2D eigenvalue weighted by Gasteiger charge is -2.36. The van der Waals surface area contributed by atoms with Crippen LogP contribution in [0.4, 0.5) is 47.3 Å². The molecule has 0 bridgehead atoms. The van der Waals surface area contributed by atoms with Crippen LogP contribution < -0.4 is 31.4 Å². The van der Waals surface area contributed by atoms with Gasteiger partial charge in [-0.05, 0) is 106 Å². The van der Waals surface area contributed by atoms with Crippen molar-refractivity contribution in [3.8, 4) is 0 Å². The van der Waals surface area contributed by atoms with Gasteiger partial charge in [0.2, 0.25) is 0 Å². The van der Waals surface area contributed by atoms with Crippen LogP contribution in [0.1, 0.15) is 68.7 Å². The minimum absolute atomic E-state index is 0. The molecule has 15 rings (SSSR count). The van der Waals surface area contributed by atoms with Gasteiger partial charge in [0.1, 0.15) is 34.5 Å². The van der Waals surface area contributed by atoms with E-state index < -0.39 is 66.0 Å². The van der Waals surface area contributed by atoms with E-state index in [9.17, 15) is 72.3 Å². The first-order valence-corrected chi connectivity index (χ1v) is 35.5. The van der Waals surface area contributed by atoms with Gasteiger partial charge in [-0.25, -0.2) is 13.2 Å². The van der Waals surface area contributed by atoms with Crippen molar-refractivity contribution in [3.05, 3.63) is 322 Å². The predicted octanol–water partition coefficient (Wildman–Crippen LogP) is 14.2. The summed E-state index contributed by atoms with van der Waals surface area (Å²) in [5.41, 5.74) is 1.50. The number of hydrogen-bond donors (Lipinski definition) is 0. The fraction of sp³-hybridized carbons (Fsp3) is 0.225. The summed E-state index contributed by atoms with van der Waals surface area (Å²) in [5.74, 6) is -1.60. The zero-order valence-corrected chi connectivity index (χ0v) is 58.2. The van der Waals surface area contributed by atoms with Gasteiger partial charge in [-0.15, -0.1) is 22.7 Å². The van der Waals surface area contributed by atoms with E-state index in [1.54, 1.807) is 92.4 Å². The van der Waals surface area contributed by atoms with Gasteiger partial charge in [0.25, 0.3) is 17.7 Å². The number of anilines is 3. The molecule has 0 atom stereocenters. The molecule has 12 aromatic rings. The molecule has 5 aromatic heterocycles. The van der Waals surface area contributed by atoms with E-state index in [0.29, 0.717) is 117 Å². The number of nitrogens with zero attached hydrogens (tertiary/aromatic N) is 12. The first-order chi connectivity index (χ1) is 51.3. The molecule has 3 saturated heterocycles. The van der Waals surface area contributed by atoms with Crippen molar-refractivity contribution in [2.75, 3.05) is 93.2 Å². The number of nitro groups is 3. The summed E-state index contributed by atoms with van der Waals surface area (Å²) in [7, 11) is 0. The molecule has 3 amide bonds. The van der Waals surface area contributed by atoms with Crippen LogP contribution in [-0.2, 0) is 19.6 Å². The van der Waals surface area contributed by atoms with Crippen LogP contribution in [0.15, 0.2) is 225 Å². The fourth-order valence-electron chi connectivity index (χ4n) is 13.6. The lowest BCUT2D eigenvalue weighted by Crippen LogP contribution is -2.49. The second-order valence-electron chi connectivity index (χ2n) is 25.1. The SMILES string of the molecule is C.C.C.O=C(c1ccc(F)cc1)N1CCN(c2c([N+](=O)[O-])c(=O)n(Cc3ccc(F)cc3)c3ccccc23)CC1.O=C(c1cccs1)N1CCN(c2c([N+](=O)[O-])c(=O)n(Cc3ccc(F)cc3)c3ccccc23)CC1.O=C(c1cccs1)N1CCN(c2c([N+](=O)[O-])c(=O)n(Cc3ccccc3)c3ccccc23)CC1. The van der Waals surface area contributed by atoms with E-state index in [2.05, 4.69) is 0 Å². The number of rotatable bonds is 15. The topological polar surface area (TPSA) is 266 Å². The predicted molar refractivity (Wildman–Crippen MR) is 421 cm³/mol. The van der Waals surface area contributed by atoms with Crippen LogP contribution in [-0.4, -0.2) is 139 Å². The van der Waals surface area contributed by atoms with Gasteiger partial charge in [0, 0.05) is 100 Å². The Kier molecular flexibility index (Phi) is 25.2. The number of pyridine rings is 3. The van der Waals surface area contributed by atoms with E-state index in [-0.39, 0.29) is 97.2 Å². The Balaban J connectivity index is 0.000000172. The first-order valence-electron chi connectivity index (χ1n) is 33.7. The van der Waals surface area contributed by atoms with Crippen molar-refractivity contribution in [1.29, 1.82) is 0 Å². The number of benzene rings is 7. The highest BCUT2D eigenvalue weighted by Crippen LogP contribution is 2.38. The van der Waals surface area contributed by atoms with Crippen molar-refractivity contribution in [2.24, 2.45) is 0 Å². The van der Waals surface area contributed by atoms with Gasteiger partial charge in [-0.3, -0.25) is 72.8 Å². The summed E-state index contributed by atoms with van der Waals surface area (Å²) in [4.78, 5) is 125. The largest absolute Gasteiger partial charge is 0.362 e. The lowest BCUT2D eigenvalue weighted by atomic mass is 10.1. The average molecular weight is 1520 g/mol. The second-order valence-corrected chi connectivity index (χ2v) is 27.0. The zero-order valence-electron chi connectivity index (χ0n) is 56.5. The molecule has 24 nitrogen and oxygen atoms in total. The van der Waals surface area contributed by atoms with Gasteiger partial charge in [0.05, 0.1) is 60.7 Å². The third kappa shape index (κ3) is 16.8. The van der Waals surface area contributed by atoms with Crippen LogP contribution in [0, 0.1) is 47.8 Å². The molecule has 109 heavy (non-hydrogen) atoms. The summed E-state index contributed by atoms with van der Waals surface area (Å²) in [6.07, 6.45) is 0. The quantitative estimate of drug-likeness (QED) is 0.0682. The number of halogens is 3. The molecule has 0 radical (unpaired) electrons.